The molecule has 0 fully saturated rings. The predicted molar refractivity (Wildman–Crippen MR) is 69.7 cm³/mol. The molecule has 0 aliphatic rings. The highest BCUT2D eigenvalue weighted by Crippen LogP contribution is 2.22. The van der Waals surface area contributed by atoms with Gasteiger partial charge in [-0.1, -0.05) is 26.0 Å². The van der Waals surface area contributed by atoms with Crippen LogP contribution >= 0.6 is 0 Å². The monoisotopic (exact) mass is 264 g/mol. The Labute approximate surface area is 112 Å². The Balaban J connectivity index is 2.01. The van der Waals surface area contributed by atoms with E-state index in [1.165, 1.54) is 0 Å². The highest BCUT2D eigenvalue weighted by atomic mass is 16.4. The number of rotatable bonds is 5. The van der Waals surface area contributed by atoms with Gasteiger partial charge in [-0.2, -0.15) is 0 Å². The van der Waals surface area contributed by atoms with Crippen molar-refractivity contribution in [2.45, 2.75) is 45.6 Å². The van der Waals surface area contributed by atoms with E-state index in [1.807, 2.05) is 6.20 Å². The van der Waals surface area contributed by atoms with Crippen molar-refractivity contribution >= 4 is 0 Å². The van der Waals surface area contributed by atoms with Crippen LogP contribution in [0.5, 0.6) is 0 Å². The second-order valence-corrected chi connectivity index (χ2v) is 5.60. The van der Waals surface area contributed by atoms with Gasteiger partial charge in [0.05, 0.1) is 11.9 Å². The molecule has 0 aromatic carbocycles. The molecular formula is C13H20N4O2. The summed E-state index contributed by atoms with van der Waals surface area (Å²) in [7, 11) is 0. The molecular weight excluding hydrogens is 244 g/mol. The van der Waals surface area contributed by atoms with Crippen molar-refractivity contribution < 1.29 is 9.52 Å². The average molecular weight is 264 g/mol. The number of hydrogen-bond donors (Lipinski definition) is 1. The second kappa shape index (κ2) is 5.52. The Hall–Kier alpha value is -1.69. The molecule has 6 heteroatoms. The molecule has 0 bridgehead atoms. The summed E-state index contributed by atoms with van der Waals surface area (Å²) in [5, 5.41) is 16.8. The summed E-state index contributed by atoms with van der Waals surface area (Å²) >= 11 is 0. The molecule has 0 aliphatic carbocycles. The highest BCUT2D eigenvalue weighted by molar-refractivity contribution is 5.06. The van der Waals surface area contributed by atoms with Crippen LogP contribution in [-0.4, -0.2) is 31.7 Å². The molecule has 19 heavy (non-hydrogen) atoms. The first-order valence-electron chi connectivity index (χ1n) is 6.44. The minimum Gasteiger partial charge on any atom is -0.443 e. The van der Waals surface area contributed by atoms with E-state index in [9.17, 15) is 0 Å². The zero-order valence-electron chi connectivity index (χ0n) is 11.6. The topological polar surface area (TPSA) is 77.0 Å². The van der Waals surface area contributed by atoms with E-state index in [0.29, 0.717) is 18.9 Å². The van der Waals surface area contributed by atoms with Gasteiger partial charge < -0.3 is 9.52 Å². The first-order valence-corrected chi connectivity index (χ1v) is 6.44. The Morgan fingerprint density at radius 2 is 2.16 bits per heavy atom. The van der Waals surface area contributed by atoms with E-state index in [-0.39, 0.29) is 12.0 Å². The van der Waals surface area contributed by atoms with Crippen LogP contribution in [0.25, 0.3) is 0 Å². The van der Waals surface area contributed by atoms with Crippen molar-refractivity contribution in [2.75, 3.05) is 6.61 Å². The van der Waals surface area contributed by atoms with Crippen LogP contribution in [0.2, 0.25) is 0 Å². The number of aliphatic hydroxyl groups excluding tert-OH is 1. The van der Waals surface area contributed by atoms with Crippen LogP contribution < -0.4 is 0 Å². The van der Waals surface area contributed by atoms with Gasteiger partial charge in [-0.05, 0) is 12.8 Å². The van der Waals surface area contributed by atoms with Gasteiger partial charge in [0.25, 0.3) is 0 Å². The van der Waals surface area contributed by atoms with Crippen molar-refractivity contribution in [2.24, 2.45) is 0 Å². The van der Waals surface area contributed by atoms with Crippen molar-refractivity contribution in [3.63, 3.8) is 0 Å². The Bertz CT molecular complexity index is 525. The zero-order chi connectivity index (χ0) is 13.9. The van der Waals surface area contributed by atoms with Crippen LogP contribution in [-0.2, 0) is 18.4 Å². The molecule has 0 aliphatic heterocycles. The van der Waals surface area contributed by atoms with E-state index in [0.717, 1.165) is 17.9 Å². The normalized spacial score (nSPS) is 12.0. The lowest BCUT2D eigenvalue weighted by Gasteiger charge is -2.12. The summed E-state index contributed by atoms with van der Waals surface area (Å²) in [5.74, 6) is 1.49. The summed E-state index contributed by atoms with van der Waals surface area (Å²) in [5.41, 5.74) is 0.830. The fourth-order valence-electron chi connectivity index (χ4n) is 1.66. The number of aromatic nitrogens is 4. The summed E-state index contributed by atoms with van der Waals surface area (Å²) in [6.07, 6.45) is 5.05. The molecule has 0 saturated heterocycles. The number of hydrogen-bond acceptors (Lipinski definition) is 5. The van der Waals surface area contributed by atoms with Gasteiger partial charge in [-0.25, -0.2) is 9.67 Å². The molecule has 2 heterocycles. The molecule has 0 amide bonds. The van der Waals surface area contributed by atoms with Crippen LogP contribution in [0.4, 0.5) is 0 Å². The molecule has 0 radical (unpaired) electrons. The maximum absolute atomic E-state index is 8.77. The third-order valence-corrected chi connectivity index (χ3v) is 2.77. The fraction of sp³-hybridized carbons (Fsp3) is 0.615. The zero-order valence-corrected chi connectivity index (χ0v) is 11.6. The molecule has 104 valence electrons. The number of aryl methyl sites for hydroxylation is 1. The smallest absolute Gasteiger partial charge is 0.216 e. The van der Waals surface area contributed by atoms with Crippen LogP contribution in [0.1, 0.15) is 44.5 Å². The molecule has 2 rings (SSSR count). The lowest BCUT2D eigenvalue weighted by molar-refractivity contribution is 0.288. The first-order chi connectivity index (χ1) is 8.99. The maximum Gasteiger partial charge on any atom is 0.216 e. The number of nitrogens with zero attached hydrogens (tertiary/aromatic N) is 4. The standard InChI is InChI=1S/C13H20N4O2/c1-13(2,3)11-7-14-12(19-11)9-17-8-10(15-16-17)5-4-6-18/h7-8,18H,4-6,9H2,1-3H3. The van der Waals surface area contributed by atoms with Gasteiger partial charge >= 0.3 is 0 Å². The van der Waals surface area contributed by atoms with E-state index in [2.05, 4.69) is 36.1 Å². The first kappa shape index (κ1) is 13.7. The van der Waals surface area contributed by atoms with Gasteiger partial charge in [0.1, 0.15) is 12.3 Å². The highest BCUT2D eigenvalue weighted by Gasteiger charge is 2.19. The van der Waals surface area contributed by atoms with Gasteiger partial charge in [0, 0.05) is 18.2 Å². The fourth-order valence-corrected chi connectivity index (χ4v) is 1.66. The molecule has 2 aromatic rings. The summed E-state index contributed by atoms with van der Waals surface area (Å²) in [4.78, 5) is 4.25. The van der Waals surface area contributed by atoms with E-state index >= 15 is 0 Å². The van der Waals surface area contributed by atoms with Gasteiger partial charge in [-0.15, -0.1) is 5.10 Å². The minimum atomic E-state index is -0.0418. The molecule has 0 spiro atoms. The van der Waals surface area contributed by atoms with Crippen molar-refractivity contribution in [1.29, 1.82) is 0 Å². The molecule has 0 saturated carbocycles. The average Bonchev–Trinajstić information content (AvgIpc) is 2.95. The van der Waals surface area contributed by atoms with Crippen molar-refractivity contribution in [3.8, 4) is 0 Å². The quantitative estimate of drug-likeness (QED) is 0.886. The third-order valence-electron chi connectivity index (χ3n) is 2.77. The van der Waals surface area contributed by atoms with Crippen LogP contribution in [0.15, 0.2) is 16.8 Å². The molecule has 6 nitrogen and oxygen atoms in total. The van der Waals surface area contributed by atoms with Crippen LogP contribution in [0.3, 0.4) is 0 Å². The van der Waals surface area contributed by atoms with E-state index < -0.39 is 0 Å². The third kappa shape index (κ3) is 3.64. The van der Waals surface area contributed by atoms with Gasteiger partial charge in [0.2, 0.25) is 5.89 Å². The summed E-state index contributed by atoms with van der Waals surface area (Å²) in [6, 6.07) is 0. The summed E-state index contributed by atoms with van der Waals surface area (Å²) < 4.78 is 7.40. The van der Waals surface area contributed by atoms with Crippen LogP contribution in [0, 0.1) is 0 Å². The number of oxazole rings is 1. The second-order valence-electron chi connectivity index (χ2n) is 5.60. The molecule has 1 N–H and O–H groups in total. The number of aliphatic hydroxyl groups is 1. The van der Waals surface area contributed by atoms with Crippen molar-refractivity contribution in [1.82, 2.24) is 20.0 Å². The van der Waals surface area contributed by atoms with E-state index in [1.54, 1.807) is 10.9 Å². The maximum atomic E-state index is 8.77. The lowest BCUT2D eigenvalue weighted by atomic mass is 9.94. The summed E-state index contributed by atoms with van der Waals surface area (Å²) in [6.45, 7) is 6.89. The lowest BCUT2D eigenvalue weighted by Crippen LogP contribution is -2.09. The van der Waals surface area contributed by atoms with Gasteiger partial charge in [-0.3, -0.25) is 0 Å². The largest absolute Gasteiger partial charge is 0.443 e. The predicted octanol–water partition coefficient (Wildman–Crippen LogP) is 1.54. The minimum absolute atomic E-state index is 0.0418. The molecule has 2 aromatic heterocycles. The van der Waals surface area contributed by atoms with Crippen molar-refractivity contribution in [3.05, 3.63) is 29.7 Å². The van der Waals surface area contributed by atoms with Gasteiger partial charge in [0.15, 0.2) is 0 Å². The Kier molecular flexibility index (Phi) is 3.99. The molecule has 0 unspecified atom stereocenters. The SMILES string of the molecule is CC(C)(C)c1cnc(Cn2cc(CCCO)nn2)o1. The molecule has 0 atom stereocenters. The Morgan fingerprint density at radius 3 is 2.79 bits per heavy atom. The Morgan fingerprint density at radius 1 is 1.37 bits per heavy atom. The van der Waals surface area contributed by atoms with E-state index in [4.69, 9.17) is 9.52 Å².